The molecule has 1 rings (SSSR count). The first-order valence-electron chi connectivity index (χ1n) is 4.21. The lowest BCUT2D eigenvalue weighted by molar-refractivity contribution is 0.414. The molecule has 14 heavy (non-hydrogen) atoms. The van der Waals surface area contributed by atoms with Gasteiger partial charge in [0, 0.05) is 10.7 Å². The second-order valence-electron chi connectivity index (χ2n) is 2.90. The van der Waals surface area contributed by atoms with Crippen LogP contribution in [0.25, 0.3) is 0 Å². The van der Waals surface area contributed by atoms with Crippen LogP contribution in [0.2, 0.25) is 0 Å². The zero-order valence-corrected chi connectivity index (χ0v) is 9.06. The third kappa shape index (κ3) is 2.92. The molecule has 0 radical (unpaired) electrons. The van der Waals surface area contributed by atoms with Gasteiger partial charge in [0.05, 0.1) is 25.5 Å². The number of anilines is 1. The molecule has 0 bridgehead atoms. The zero-order chi connectivity index (χ0) is 10.6. The van der Waals surface area contributed by atoms with Crippen molar-refractivity contribution >= 4 is 17.3 Å². The summed E-state index contributed by atoms with van der Waals surface area (Å²) in [5.41, 5.74) is 1.80. The van der Waals surface area contributed by atoms with Crippen LogP contribution < -0.4 is 10.1 Å². The van der Waals surface area contributed by atoms with Gasteiger partial charge in [0.2, 0.25) is 0 Å². The summed E-state index contributed by atoms with van der Waals surface area (Å²) in [6, 6.07) is 1.90. The molecule has 0 aromatic carbocycles. The summed E-state index contributed by atoms with van der Waals surface area (Å²) in [4.78, 5) is 4.12. The van der Waals surface area contributed by atoms with Gasteiger partial charge in [-0.2, -0.15) is 0 Å². The smallest absolute Gasteiger partial charge is 0.160 e. The lowest BCUT2D eigenvalue weighted by Gasteiger charge is -2.10. The Morgan fingerprint density at radius 1 is 1.71 bits per heavy atom. The Morgan fingerprint density at radius 3 is 3.00 bits per heavy atom. The van der Waals surface area contributed by atoms with Crippen molar-refractivity contribution in [3.63, 3.8) is 0 Å². The van der Waals surface area contributed by atoms with E-state index in [0.717, 1.165) is 11.4 Å². The highest BCUT2D eigenvalue weighted by Crippen LogP contribution is 2.23. The summed E-state index contributed by atoms with van der Waals surface area (Å²) in [6.07, 6.45) is 1.68. The van der Waals surface area contributed by atoms with Crippen molar-refractivity contribution in [3.05, 3.63) is 29.6 Å². The number of rotatable bonds is 4. The average molecular weight is 213 g/mol. The van der Waals surface area contributed by atoms with Gasteiger partial charge >= 0.3 is 0 Å². The number of ether oxygens (including phenoxy) is 1. The summed E-state index contributed by atoms with van der Waals surface area (Å²) in [5.74, 6) is 0.702. The van der Waals surface area contributed by atoms with Crippen molar-refractivity contribution in [1.29, 1.82) is 0 Å². The van der Waals surface area contributed by atoms with Crippen LogP contribution >= 0.6 is 11.6 Å². The molecule has 1 aromatic heterocycles. The van der Waals surface area contributed by atoms with Gasteiger partial charge in [0.1, 0.15) is 0 Å². The minimum atomic E-state index is 0.515. The number of hydrogen-bond acceptors (Lipinski definition) is 3. The Bertz CT molecular complexity index is 339. The van der Waals surface area contributed by atoms with Crippen molar-refractivity contribution in [2.45, 2.75) is 6.92 Å². The highest BCUT2D eigenvalue weighted by Gasteiger charge is 2.02. The van der Waals surface area contributed by atoms with Gasteiger partial charge in [0.25, 0.3) is 0 Å². The number of nitrogens with one attached hydrogen (secondary N) is 1. The maximum atomic E-state index is 5.65. The van der Waals surface area contributed by atoms with Crippen molar-refractivity contribution in [1.82, 2.24) is 4.98 Å². The first-order valence-corrected chi connectivity index (χ1v) is 4.59. The fourth-order valence-electron chi connectivity index (χ4n) is 1.04. The molecular weight excluding hydrogens is 200 g/mol. The fourth-order valence-corrected chi connectivity index (χ4v) is 1.11. The van der Waals surface area contributed by atoms with Crippen LogP contribution in [0, 0.1) is 6.92 Å². The molecule has 0 aliphatic carbocycles. The number of pyridine rings is 1. The largest absolute Gasteiger partial charge is 0.493 e. The van der Waals surface area contributed by atoms with Gasteiger partial charge in [-0.15, -0.1) is 0 Å². The lowest BCUT2D eigenvalue weighted by Crippen LogP contribution is -2.03. The van der Waals surface area contributed by atoms with Crippen molar-refractivity contribution in [2.75, 3.05) is 19.0 Å². The molecule has 3 nitrogen and oxygen atoms in total. The van der Waals surface area contributed by atoms with E-state index in [2.05, 4.69) is 16.9 Å². The number of halogens is 1. The Balaban J connectivity index is 2.82. The molecular formula is C10H13ClN2O. The van der Waals surface area contributed by atoms with E-state index in [9.17, 15) is 0 Å². The Kier molecular flexibility index (Phi) is 3.77. The van der Waals surface area contributed by atoms with Gasteiger partial charge in [-0.05, 0) is 13.0 Å². The van der Waals surface area contributed by atoms with Crippen LogP contribution in [0.1, 0.15) is 5.69 Å². The molecule has 1 N–H and O–H groups in total. The van der Waals surface area contributed by atoms with Crippen molar-refractivity contribution in [3.8, 4) is 5.75 Å². The quantitative estimate of drug-likeness (QED) is 0.833. The van der Waals surface area contributed by atoms with E-state index in [0.29, 0.717) is 17.3 Å². The minimum Gasteiger partial charge on any atom is -0.493 e. The molecule has 1 aromatic rings. The normalized spacial score (nSPS) is 9.64. The third-order valence-corrected chi connectivity index (χ3v) is 1.83. The predicted molar refractivity (Wildman–Crippen MR) is 59.0 cm³/mol. The number of methoxy groups -OCH3 is 1. The molecule has 1 heterocycles. The second-order valence-corrected chi connectivity index (χ2v) is 3.43. The second kappa shape index (κ2) is 4.86. The van der Waals surface area contributed by atoms with Crippen LogP contribution in [0.3, 0.4) is 0 Å². The lowest BCUT2D eigenvalue weighted by atomic mass is 10.3. The monoisotopic (exact) mass is 212 g/mol. The number of aryl methyl sites for hydroxylation is 1. The Labute approximate surface area is 88.8 Å². The molecule has 76 valence electrons. The van der Waals surface area contributed by atoms with Gasteiger partial charge in [-0.25, -0.2) is 0 Å². The van der Waals surface area contributed by atoms with Gasteiger partial charge in [0.15, 0.2) is 5.75 Å². The zero-order valence-electron chi connectivity index (χ0n) is 8.30. The Hall–Kier alpha value is -1.22. The van der Waals surface area contributed by atoms with Gasteiger partial charge in [-0.3, -0.25) is 4.98 Å². The summed E-state index contributed by atoms with van der Waals surface area (Å²) < 4.78 is 5.13. The van der Waals surface area contributed by atoms with Gasteiger partial charge < -0.3 is 10.1 Å². The van der Waals surface area contributed by atoms with E-state index in [1.807, 2.05) is 13.0 Å². The SMILES string of the molecule is C=C(Cl)CNc1cc(C)ncc1OC. The number of nitrogens with zero attached hydrogens (tertiary/aromatic N) is 1. The molecule has 0 saturated carbocycles. The molecule has 0 saturated heterocycles. The molecule has 0 aliphatic heterocycles. The van der Waals surface area contributed by atoms with Crippen molar-refractivity contribution in [2.24, 2.45) is 0 Å². The summed E-state index contributed by atoms with van der Waals surface area (Å²) in [6.45, 7) is 6.03. The fraction of sp³-hybridized carbons (Fsp3) is 0.300. The highest BCUT2D eigenvalue weighted by atomic mass is 35.5. The molecule has 0 amide bonds. The maximum Gasteiger partial charge on any atom is 0.160 e. The number of hydrogen-bond donors (Lipinski definition) is 1. The predicted octanol–water partition coefficient (Wildman–Crippen LogP) is 2.56. The Morgan fingerprint density at radius 2 is 2.43 bits per heavy atom. The summed E-state index contributed by atoms with van der Waals surface area (Å²) >= 11 is 5.65. The molecule has 4 heteroatoms. The van der Waals surface area contributed by atoms with E-state index < -0.39 is 0 Å². The first-order chi connectivity index (χ1) is 6.63. The van der Waals surface area contributed by atoms with E-state index in [1.165, 1.54) is 0 Å². The molecule has 0 fully saturated rings. The van der Waals surface area contributed by atoms with E-state index in [4.69, 9.17) is 16.3 Å². The van der Waals surface area contributed by atoms with Crippen LogP contribution in [-0.2, 0) is 0 Å². The van der Waals surface area contributed by atoms with Crippen LogP contribution in [-0.4, -0.2) is 18.6 Å². The third-order valence-electron chi connectivity index (χ3n) is 1.69. The first kappa shape index (κ1) is 10.9. The minimum absolute atomic E-state index is 0.515. The molecule has 0 aliphatic rings. The molecule has 0 spiro atoms. The van der Waals surface area contributed by atoms with E-state index in [1.54, 1.807) is 13.3 Å². The van der Waals surface area contributed by atoms with Crippen LogP contribution in [0.5, 0.6) is 5.75 Å². The molecule has 0 atom stereocenters. The average Bonchev–Trinajstić information content (AvgIpc) is 2.15. The van der Waals surface area contributed by atoms with E-state index in [-0.39, 0.29) is 0 Å². The highest BCUT2D eigenvalue weighted by molar-refractivity contribution is 6.29. The maximum absolute atomic E-state index is 5.65. The molecule has 0 unspecified atom stereocenters. The number of aromatic nitrogens is 1. The van der Waals surface area contributed by atoms with Crippen LogP contribution in [0.4, 0.5) is 5.69 Å². The van der Waals surface area contributed by atoms with Gasteiger partial charge in [-0.1, -0.05) is 18.2 Å². The standard InChI is InChI=1S/C10H13ClN2O/c1-7(11)5-13-9-4-8(2)12-6-10(9)14-3/h4,6H,1,5H2,2-3H3,(H,12,13). The van der Waals surface area contributed by atoms with Crippen molar-refractivity contribution < 1.29 is 4.74 Å². The summed E-state index contributed by atoms with van der Waals surface area (Å²) in [7, 11) is 1.60. The van der Waals surface area contributed by atoms with Crippen LogP contribution in [0.15, 0.2) is 23.9 Å². The topological polar surface area (TPSA) is 34.2 Å². The van der Waals surface area contributed by atoms with E-state index >= 15 is 0 Å². The summed E-state index contributed by atoms with van der Waals surface area (Å²) in [5, 5.41) is 3.66.